The largest absolute Gasteiger partial charge is 0.325 e. The van der Waals surface area contributed by atoms with Gasteiger partial charge >= 0.3 is 0 Å². The van der Waals surface area contributed by atoms with Crippen LogP contribution in [0.5, 0.6) is 0 Å². The Labute approximate surface area is 148 Å². The van der Waals surface area contributed by atoms with Crippen LogP contribution in [-0.4, -0.2) is 20.9 Å². The van der Waals surface area contributed by atoms with Crippen molar-refractivity contribution in [2.24, 2.45) is 0 Å². The first-order valence-electron chi connectivity index (χ1n) is 8.42. The highest BCUT2D eigenvalue weighted by atomic mass is 32.2. The van der Waals surface area contributed by atoms with E-state index in [1.165, 1.54) is 5.56 Å². The normalized spacial score (nSPS) is 14.0. The molecule has 0 aromatic heterocycles. The van der Waals surface area contributed by atoms with Gasteiger partial charge < -0.3 is 5.32 Å². The second-order valence-electron chi connectivity index (χ2n) is 6.38. The molecule has 0 saturated heterocycles. The van der Waals surface area contributed by atoms with Gasteiger partial charge in [0.05, 0.1) is 11.4 Å². The van der Waals surface area contributed by atoms with Crippen LogP contribution in [0, 0.1) is 6.92 Å². The van der Waals surface area contributed by atoms with Crippen LogP contribution in [0.3, 0.4) is 0 Å². The lowest BCUT2D eigenvalue weighted by Crippen LogP contribution is -2.33. The van der Waals surface area contributed by atoms with Gasteiger partial charge in [-0.1, -0.05) is 18.2 Å². The first-order chi connectivity index (χ1) is 11.9. The Kier molecular flexibility index (Phi) is 5.20. The number of sulfonamides is 1. The first kappa shape index (κ1) is 17.6. The van der Waals surface area contributed by atoms with Gasteiger partial charge in [-0.2, -0.15) is 0 Å². The molecule has 25 heavy (non-hydrogen) atoms. The van der Waals surface area contributed by atoms with E-state index in [1.807, 2.05) is 31.2 Å². The lowest BCUT2D eigenvalue weighted by molar-refractivity contribution is -0.115. The molecule has 2 aromatic carbocycles. The number of rotatable bonds is 5. The fourth-order valence-electron chi connectivity index (χ4n) is 3.05. The Balaban J connectivity index is 1.64. The van der Waals surface area contributed by atoms with Crippen LogP contribution in [0.2, 0.25) is 0 Å². The highest BCUT2D eigenvalue weighted by Crippen LogP contribution is 2.24. The average Bonchev–Trinajstić information content (AvgIpc) is 2.60. The molecule has 0 aliphatic heterocycles. The van der Waals surface area contributed by atoms with Gasteiger partial charge in [0.1, 0.15) is 0 Å². The van der Waals surface area contributed by atoms with Gasteiger partial charge in [-0.05, 0) is 73.6 Å². The zero-order valence-corrected chi connectivity index (χ0v) is 15.0. The summed E-state index contributed by atoms with van der Waals surface area (Å²) in [5, 5.41) is 2.69. The SMILES string of the molecule is Cc1cccc(NC(=O)CNS(=O)(=O)c2ccc3c(c2)CCCC3)c1. The minimum atomic E-state index is -3.70. The summed E-state index contributed by atoms with van der Waals surface area (Å²) in [5.74, 6) is -0.396. The Bertz CT molecular complexity index is 891. The van der Waals surface area contributed by atoms with Crippen molar-refractivity contribution in [1.82, 2.24) is 4.72 Å². The number of amides is 1. The summed E-state index contributed by atoms with van der Waals surface area (Å²) in [7, 11) is -3.70. The maximum atomic E-state index is 12.4. The molecule has 0 heterocycles. The van der Waals surface area contributed by atoms with Crippen LogP contribution in [-0.2, 0) is 27.7 Å². The molecule has 1 amide bonds. The van der Waals surface area contributed by atoms with Gasteiger partial charge in [0.2, 0.25) is 15.9 Å². The van der Waals surface area contributed by atoms with E-state index >= 15 is 0 Å². The fourth-order valence-corrected chi connectivity index (χ4v) is 4.08. The average molecular weight is 358 g/mol. The summed E-state index contributed by atoms with van der Waals surface area (Å²) >= 11 is 0. The number of hydrogen-bond acceptors (Lipinski definition) is 3. The molecule has 0 saturated carbocycles. The predicted octanol–water partition coefficient (Wildman–Crippen LogP) is 2.79. The second kappa shape index (κ2) is 7.37. The summed E-state index contributed by atoms with van der Waals surface area (Å²) in [6, 6.07) is 12.6. The van der Waals surface area contributed by atoms with Crippen molar-refractivity contribution in [3.05, 3.63) is 59.2 Å². The van der Waals surface area contributed by atoms with Gasteiger partial charge in [-0.3, -0.25) is 4.79 Å². The first-order valence-corrected chi connectivity index (χ1v) is 9.90. The van der Waals surface area contributed by atoms with Crippen LogP contribution in [0.25, 0.3) is 0 Å². The van der Waals surface area contributed by atoms with Gasteiger partial charge in [0, 0.05) is 5.69 Å². The standard InChI is InChI=1S/C19H22N2O3S/c1-14-5-4-8-17(11-14)21-19(22)13-20-25(23,24)18-10-9-15-6-2-3-7-16(15)12-18/h4-5,8-12,20H,2-3,6-7,13H2,1H3,(H,21,22). The van der Waals surface area contributed by atoms with Gasteiger partial charge in [0.25, 0.3) is 0 Å². The molecular weight excluding hydrogens is 336 g/mol. The van der Waals surface area contributed by atoms with Crippen molar-refractivity contribution >= 4 is 21.6 Å². The third-order valence-electron chi connectivity index (χ3n) is 4.35. The summed E-state index contributed by atoms with van der Waals surface area (Å²) in [6.45, 7) is 1.63. The van der Waals surface area contributed by atoms with Crippen LogP contribution >= 0.6 is 0 Å². The van der Waals surface area contributed by atoms with Crippen molar-refractivity contribution in [3.63, 3.8) is 0 Å². The number of aryl methyl sites for hydroxylation is 3. The second-order valence-corrected chi connectivity index (χ2v) is 8.15. The van der Waals surface area contributed by atoms with E-state index in [1.54, 1.807) is 18.2 Å². The summed E-state index contributed by atoms with van der Waals surface area (Å²) < 4.78 is 27.3. The van der Waals surface area contributed by atoms with E-state index in [0.29, 0.717) is 5.69 Å². The lowest BCUT2D eigenvalue weighted by atomic mass is 9.92. The van der Waals surface area contributed by atoms with Crippen LogP contribution in [0.15, 0.2) is 47.4 Å². The Morgan fingerprint density at radius 1 is 1.04 bits per heavy atom. The predicted molar refractivity (Wildman–Crippen MR) is 98.1 cm³/mol. The molecule has 1 aliphatic carbocycles. The Morgan fingerprint density at radius 3 is 2.56 bits per heavy atom. The zero-order valence-electron chi connectivity index (χ0n) is 14.2. The Morgan fingerprint density at radius 2 is 1.80 bits per heavy atom. The van der Waals surface area contributed by atoms with Crippen molar-refractivity contribution in [2.45, 2.75) is 37.5 Å². The lowest BCUT2D eigenvalue weighted by Gasteiger charge is -2.16. The van der Waals surface area contributed by atoms with Crippen molar-refractivity contribution < 1.29 is 13.2 Å². The number of anilines is 1. The van der Waals surface area contributed by atoms with Crippen LogP contribution in [0.1, 0.15) is 29.5 Å². The topological polar surface area (TPSA) is 75.3 Å². The molecule has 0 spiro atoms. The van der Waals surface area contributed by atoms with E-state index < -0.39 is 15.9 Å². The molecule has 5 nitrogen and oxygen atoms in total. The molecule has 0 bridgehead atoms. The van der Waals surface area contributed by atoms with Crippen LogP contribution < -0.4 is 10.0 Å². The highest BCUT2D eigenvalue weighted by molar-refractivity contribution is 7.89. The highest BCUT2D eigenvalue weighted by Gasteiger charge is 2.18. The smallest absolute Gasteiger partial charge is 0.241 e. The van der Waals surface area contributed by atoms with Crippen LogP contribution in [0.4, 0.5) is 5.69 Å². The maximum absolute atomic E-state index is 12.4. The van der Waals surface area contributed by atoms with Gasteiger partial charge in [-0.25, -0.2) is 13.1 Å². The number of carbonyl (C=O) groups is 1. The molecule has 2 N–H and O–H groups in total. The third kappa shape index (κ3) is 4.46. The maximum Gasteiger partial charge on any atom is 0.241 e. The number of benzene rings is 2. The summed E-state index contributed by atoms with van der Waals surface area (Å²) in [6.07, 6.45) is 4.15. The quantitative estimate of drug-likeness (QED) is 0.863. The van der Waals surface area contributed by atoms with Crippen molar-refractivity contribution in [3.8, 4) is 0 Å². The minimum absolute atomic E-state index is 0.219. The minimum Gasteiger partial charge on any atom is -0.325 e. The zero-order chi connectivity index (χ0) is 17.9. The van der Waals surface area contributed by atoms with Gasteiger partial charge in [-0.15, -0.1) is 0 Å². The Hall–Kier alpha value is -2.18. The van der Waals surface area contributed by atoms with Crippen molar-refractivity contribution in [2.75, 3.05) is 11.9 Å². The molecule has 2 aromatic rings. The van der Waals surface area contributed by atoms with Gasteiger partial charge in [0.15, 0.2) is 0 Å². The molecule has 0 radical (unpaired) electrons. The molecule has 1 aliphatic rings. The molecular formula is C19H22N2O3S. The monoisotopic (exact) mass is 358 g/mol. The molecule has 0 fully saturated rings. The van der Waals surface area contributed by atoms with Crippen molar-refractivity contribution in [1.29, 1.82) is 0 Å². The van der Waals surface area contributed by atoms with E-state index in [2.05, 4.69) is 10.0 Å². The van der Waals surface area contributed by atoms with E-state index in [9.17, 15) is 13.2 Å². The number of nitrogens with one attached hydrogen (secondary N) is 2. The molecule has 0 unspecified atom stereocenters. The molecule has 132 valence electrons. The summed E-state index contributed by atoms with van der Waals surface area (Å²) in [5.41, 5.74) is 3.99. The molecule has 0 atom stereocenters. The van der Waals surface area contributed by atoms with E-state index in [-0.39, 0.29) is 11.4 Å². The molecule has 3 rings (SSSR count). The van der Waals surface area contributed by atoms with E-state index in [0.717, 1.165) is 36.8 Å². The molecule has 6 heteroatoms. The summed E-state index contributed by atoms with van der Waals surface area (Å²) in [4.78, 5) is 12.2. The number of fused-ring (bicyclic) bond motifs is 1. The third-order valence-corrected chi connectivity index (χ3v) is 5.75. The number of carbonyl (C=O) groups excluding carboxylic acids is 1. The van der Waals surface area contributed by atoms with E-state index in [4.69, 9.17) is 0 Å². The fraction of sp³-hybridized carbons (Fsp3) is 0.316. The number of hydrogen-bond donors (Lipinski definition) is 2.